The molecule has 0 atom stereocenters. The van der Waals surface area contributed by atoms with Crippen LogP contribution in [-0.4, -0.2) is 29.2 Å². The van der Waals surface area contributed by atoms with Crippen molar-refractivity contribution in [3.8, 4) is 5.75 Å². The number of aryl methyl sites for hydroxylation is 1. The van der Waals surface area contributed by atoms with Gasteiger partial charge in [-0.15, -0.1) is 0 Å². The first kappa shape index (κ1) is 15.5. The Hall–Kier alpha value is -1.88. The van der Waals surface area contributed by atoms with Gasteiger partial charge < -0.3 is 9.26 Å². The number of methoxy groups -OCH3 is 1. The van der Waals surface area contributed by atoms with Gasteiger partial charge in [0.2, 0.25) is 5.89 Å². The molecule has 5 nitrogen and oxygen atoms in total. The second-order valence-corrected chi connectivity index (χ2v) is 5.23. The summed E-state index contributed by atoms with van der Waals surface area (Å²) in [4.78, 5) is 6.56. The third-order valence-corrected chi connectivity index (χ3v) is 3.26. The minimum atomic E-state index is 0.649. The van der Waals surface area contributed by atoms with Gasteiger partial charge in [0.25, 0.3) is 0 Å². The molecule has 0 N–H and O–H groups in total. The second-order valence-electron chi connectivity index (χ2n) is 5.23. The highest BCUT2D eigenvalue weighted by molar-refractivity contribution is 5.28. The van der Waals surface area contributed by atoms with E-state index < -0.39 is 0 Å². The van der Waals surface area contributed by atoms with Crippen molar-refractivity contribution in [2.45, 2.75) is 39.3 Å². The lowest BCUT2D eigenvalue weighted by molar-refractivity contribution is 0.260. The molecule has 1 aromatic carbocycles. The van der Waals surface area contributed by atoms with Crippen LogP contribution in [-0.2, 0) is 19.5 Å². The van der Waals surface area contributed by atoms with E-state index in [0.29, 0.717) is 12.4 Å². The number of hydrogen-bond acceptors (Lipinski definition) is 5. The summed E-state index contributed by atoms with van der Waals surface area (Å²) in [6.45, 7) is 3.61. The van der Waals surface area contributed by atoms with Crippen molar-refractivity contribution in [3.63, 3.8) is 0 Å². The summed E-state index contributed by atoms with van der Waals surface area (Å²) in [6, 6.07) is 8.07. The molecule has 2 rings (SSSR count). The summed E-state index contributed by atoms with van der Waals surface area (Å²) in [5.41, 5.74) is 1.20. The Kier molecular flexibility index (Phi) is 5.75. The zero-order chi connectivity index (χ0) is 15.1. The van der Waals surface area contributed by atoms with Gasteiger partial charge in [-0.1, -0.05) is 30.6 Å². The molecule has 1 aromatic heterocycles. The maximum absolute atomic E-state index is 5.29. The highest BCUT2D eigenvalue weighted by atomic mass is 16.5. The van der Waals surface area contributed by atoms with Crippen molar-refractivity contribution in [2.75, 3.05) is 14.2 Å². The molecule has 0 bridgehead atoms. The molecule has 5 heteroatoms. The molecule has 114 valence electrons. The van der Waals surface area contributed by atoms with Crippen LogP contribution in [0.25, 0.3) is 0 Å². The lowest BCUT2D eigenvalue weighted by atomic mass is 10.2. The molecule has 0 spiro atoms. The summed E-state index contributed by atoms with van der Waals surface area (Å²) < 4.78 is 10.5. The average molecular weight is 289 g/mol. The SMILES string of the molecule is CCCCc1noc(CN(C)Cc2cccc(OC)c2)n1. The van der Waals surface area contributed by atoms with Crippen LogP contribution in [0.5, 0.6) is 5.75 Å². The molecule has 0 radical (unpaired) electrons. The van der Waals surface area contributed by atoms with Crippen molar-refractivity contribution in [1.29, 1.82) is 0 Å². The zero-order valence-corrected chi connectivity index (χ0v) is 13.0. The van der Waals surface area contributed by atoms with E-state index in [0.717, 1.165) is 37.4 Å². The topological polar surface area (TPSA) is 51.4 Å². The van der Waals surface area contributed by atoms with E-state index in [1.165, 1.54) is 5.56 Å². The zero-order valence-electron chi connectivity index (χ0n) is 13.0. The molecule has 0 saturated carbocycles. The quantitative estimate of drug-likeness (QED) is 0.747. The van der Waals surface area contributed by atoms with Crippen LogP contribution in [0, 0.1) is 0 Å². The van der Waals surface area contributed by atoms with Crippen LogP contribution in [0.1, 0.15) is 37.0 Å². The van der Waals surface area contributed by atoms with Gasteiger partial charge in [-0.2, -0.15) is 4.98 Å². The van der Waals surface area contributed by atoms with Gasteiger partial charge in [0.1, 0.15) is 5.75 Å². The number of hydrogen-bond donors (Lipinski definition) is 0. The van der Waals surface area contributed by atoms with Crippen molar-refractivity contribution in [3.05, 3.63) is 41.5 Å². The molecule has 2 aromatic rings. The third-order valence-electron chi connectivity index (χ3n) is 3.26. The number of rotatable bonds is 8. The lowest BCUT2D eigenvalue weighted by Crippen LogP contribution is -2.17. The summed E-state index contributed by atoms with van der Waals surface area (Å²) in [7, 11) is 3.72. The fraction of sp³-hybridized carbons (Fsp3) is 0.500. The van der Waals surface area contributed by atoms with Crippen LogP contribution in [0.15, 0.2) is 28.8 Å². The number of benzene rings is 1. The number of aromatic nitrogens is 2. The third kappa shape index (κ3) is 4.86. The van der Waals surface area contributed by atoms with Crippen LogP contribution >= 0.6 is 0 Å². The summed E-state index contributed by atoms with van der Waals surface area (Å²) in [5, 5.41) is 4.01. The van der Waals surface area contributed by atoms with Gasteiger partial charge in [-0.05, 0) is 31.2 Å². The van der Waals surface area contributed by atoms with Gasteiger partial charge in [-0.25, -0.2) is 0 Å². The van der Waals surface area contributed by atoms with Gasteiger partial charge >= 0.3 is 0 Å². The van der Waals surface area contributed by atoms with Crippen LogP contribution in [0.4, 0.5) is 0 Å². The van der Waals surface area contributed by atoms with E-state index in [9.17, 15) is 0 Å². The first-order chi connectivity index (χ1) is 10.2. The number of nitrogens with zero attached hydrogens (tertiary/aromatic N) is 3. The van der Waals surface area contributed by atoms with Crippen LogP contribution in [0.2, 0.25) is 0 Å². The maximum Gasteiger partial charge on any atom is 0.240 e. The Morgan fingerprint density at radius 3 is 2.90 bits per heavy atom. The number of ether oxygens (including phenoxy) is 1. The molecule has 0 saturated heterocycles. The van der Waals surface area contributed by atoms with Crippen LogP contribution < -0.4 is 4.74 Å². The lowest BCUT2D eigenvalue weighted by Gasteiger charge is -2.14. The predicted octanol–water partition coefficient (Wildman–Crippen LogP) is 3.05. The van der Waals surface area contributed by atoms with Gasteiger partial charge in [-0.3, -0.25) is 4.90 Å². The summed E-state index contributed by atoms with van der Waals surface area (Å²) in [5.74, 6) is 2.36. The molecule has 21 heavy (non-hydrogen) atoms. The normalized spacial score (nSPS) is 11.0. The van der Waals surface area contributed by atoms with Crippen molar-refractivity contribution in [2.24, 2.45) is 0 Å². The van der Waals surface area contributed by atoms with E-state index >= 15 is 0 Å². The fourth-order valence-corrected chi connectivity index (χ4v) is 2.16. The fourth-order valence-electron chi connectivity index (χ4n) is 2.16. The van der Waals surface area contributed by atoms with Gasteiger partial charge in [0.05, 0.1) is 13.7 Å². The van der Waals surface area contributed by atoms with E-state index in [-0.39, 0.29) is 0 Å². The molecule has 0 aliphatic heterocycles. The molecule has 0 fully saturated rings. The van der Waals surface area contributed by atoms with Crippen molar-refractivity contribution < 1.29 is 9.26 Å². The minimum Gasteiger partial charge on any atom is -0.497 e. The first-order valence-electron chi connectivity index (χ1n) is 7.34. The first-order valence-corrected chi connectivity index (χ1v) is 7.34. The van der Waals surface area contributed by atoms with E-state index in [2.05, 4.69) is 28.0 Å². The van der Waals surface area contributed by atoms with E-state index in [1.807, 2.05) is 25.2 Å². The highest BCUT2D eigenvalue weighted by Gasteiger charge is 2.09. The summed E-state index contributed by atoms with van der Waals surface area (Å²) >= 11 is 0. The smallest absolute Gasteiger partial charge is 0.240 e. The Bertz CT molecular complexity index is 554. The molecular formula is C16H23N3O2. The molecule has 0 aliphatic carbocycles. The largest absolute Gasteiger partial charge is 0.497 e. The Balaban J connectivity index is 1.88. The highest BCUT2D eigenvalue weighted by Crippen LogP contribution is 2.14. The molecule has 0 aliphatic rings. The predicted molar refractivity (Wildman–Crippen MR) is 81.1 cm³/mol. The van der Waals surface area contributed by atoms with Gasteiger partial charge in [0, 0.05) is 13.0 Å². The van der Waals surface area contributed by atoms with E-state index in [1.54, 1.807) is 7.11 Å². The Labute approximate surface area is 125 Å². The summed E-state index contributed by atoms with van der Waals surface area (Å²) in [6.07, 6.45) is 3.12. The van der Waals surface area contributed by atoms with Crippen LogP contribution in [0.3, 0.4) is 0 Å². The molecule has 1 heterocycles. The molecular weight excluding hydrogens is 266 g/mol. The van der Waals surface area contributed by atoms with Crippen molar-refractivity contribution in [1.82, 2.24) is 15.0 Å². The average Bonchev–Trinajstić information content (AvgIpc) is 2.92. The molecule has 0 unspecified atom stereocenters. The Morgan fingerprint density at radius 2 is 2.14 bits per heavy atom. The van der Waals surface area contributed by atoms with Crippen molar-refractivity contribution >= 4 is 0 Å². The monoisotopic (exact) mass is 289 g/mol. The Morgan fingerprint density at radius 1 is 1.29 bits per heavy atom. The van der Waals surface area contributed by atoms with E-state index in [4.69, 9.17) is 9.26 Å². The van der Waals surface area contributed by atoms with Gasteiger partial charge in [0.15, 0.2) is 5.82 Å². The minimum absolute atomic E-state index is 0.649. The standard InChI is InChI=1S/C16H23N3O2/c1-4-5-9-15-17-16(21-18-15)12-19(2)11-13-7-6-8-14(10-13)20-3/h6-8,10H,4-5,9,11-12H2,1-3H3. The second kappa shape index (κ2) is 7.78. The number of unbranched alkanes of at least 4 members (excludes halogenated alkanes) is 1. The molecule has 0 amide bonds. The maximum atomic E-state index is 5.29.